The summed E-state index contributed by atoms with van der Waals surface area (Å²) < 4.78 is 2.33. The van der Waals surface area contributed by atoms with Crippen molar-refractivity contribution in [1.29, 1.82) is 0 Å². The molecule has 27 heavy (non-hydrogen) atoms. The van der Waals surface area contributed by atoms with Gasteiger partial charge in [0, 0.05) is 30.6 Å². The van der Waals surface area contributed by atoms with Crippen LogP contribution in [-0.4, -0.2) is 39.8 Å². The van der Waals surface area contributed by atoms with Crippen LogP contribution in [0.3, 0.4) is 0 Å². The topological polar surface area (TPSA) is 54.2 Å². The van der Waals surface area contributed by atoms with Crippen molar-refractivity contribution in [3.05, 3.63) is 47.3 Å². The third-order valence-electron chi connectivity index (χ3n) is 4.83. The molecule has 2 aromatic rings. The lowest BCUT2D eigenvalue weighted by atomic mass is 10.1. The first-order valence-corrected chi connectivity index (χ1v) is 10.2. The largest absolute Gasteiger partial charge is 0.355 e. The number of halogens is 1. The molecule has 1 aliphatic rings. The summed E-state index contributed by atoms with van der Waals surface area (Å²) in [5.41, 5.74) is 4.48. The molecule has 0 bridgehead atoms. The zero-order valence-corrected chi connectivity index (χ0v) is 19.7. The Labute approximate surface area is 183 Å². The van der Waals surface area contributed by atoms with Crippen molar-refractivity contribution in [2.75, 3.05) is 19.3 Å². The molecule has 0 aliphatic carbocycles. The first-order chi connectivity index (χ1) is 12.5. The Morgan fingerprint density at radius 2 is 2.07 bits per heavy atom. The van der Waals surface area contributed by atoms with Gasteiger partial charge in [0.25, 0.3) is 0 Å². The Bertz CT molecular complexity index is 780. The minimum atomic E-state index is 0. The summed E-state index contributed by atoms with van der Waals surface area (Å²) in [6.07, 6.45) is 2.58. The van der Waals surface area contributed by atoms with Crippen LogP contribution < -0.4 is 10.6 Å². The quantitative estimate of drug-likeness (QED) is 0.370. The fourth-order valence-electron chi connectivity index (χ4n) is 3.39. The summed E-state index contributed by atoms with van der Waals surface area (Å²) in [7, 11) is 1.83. The second kappa shape index (κ2) is 9.82. The maximum Gasteiger partial charge on any atom is 0.191 e. The monoisotopic (exact) mass is 499 g/mol. The molecule has 1 aromatic heterocycles. The van der Waals surface area contributed by atoms with Crippen molar-refractivity contribution < 1.29 is 0 Å². The number of guanidine groups is 1. The van der Waals surface area contributed by atoms with Crippen LogP contribution in [0.2, 0.25) is 0 Å². The molecule has 1 aromatic carbocycles. The highest BCUT2D eigenvalue weighted by molar-refractivity contribution is 14.0. The molecule has 1 unspecified atom stereocenters. The van der Waals surface area contributed by atoms with Crippen molar-refractivity contribution in [2.24, 2.45) is 4.99 Å². The van der Waals surface area contributed by atoms with Gasteiger partial charge in [0.15, 0.2) is 5.96 Å². The molecule has 0 amide bonds. The van der Waals surface area contributed by atoms with E-state index in [9.17, 15) is 0 Å². The normalized spacial score (nSPS) is 19.6. The van der Waals surface area contributed by atoms with E-state index in [0.717, 1.165) is 29.6 Å². The van der Waals surface area contributed by atoms with E-state index < -0.39 is 0 Å². The second-order valence-electron chi connectivity index (χ2n) is 7.15. The van der Waals surface area contributed by atoms with E-state index in [1.807, 2.05) is 18.7 Å². The molecule has 148 valence electrons. The maximum atomic E-state index is 4.63. The first kappa shape index (κ1) is 22.1. The molecule has 1 atom stereocenters. The van der Waals surface area contributed by atoms with E-state index in [4.69, 9.17) is 0 Å². The number of benzene rings is 1. The third-order valence-corrected chi connectivity index (χ3v) is 6.37. The number of rotatable bonds is 5. The van der Waals surface area contributed by atoms with Gasteiger partial charge in [0.05, 0.1) is 11.4 Å². The fourth-order valence-corrected chi connectivity index (χ4v) is 4.63. The number of thioether (sulfide) groups is 1. The minimum absolute atomic E-state index is 0. The standard InChI is InChI=1S/C20H29N5S.HI/c1-15-12-16(2)25(24-15)18-9-6-5-8-17(18)13-22-19(21-4)23-14-20(3)10-7-11-26-20;/h5-6,8-9,12H,7,10-11,13-14H2,1-4H3,(H2,21,22,23);1H. The van der Waals surface area contributed by atoms with Crippen molar-refractivity contribution >= 4 is 41.7 Å². The van der Waals surface area contributed by atoms with Crippen molar-refractivity contribution in [1.82, 2.24) is 20.4 Å². The fraction of sp³-hybridized carbons (Fsp3) is 0.500. The lowest BCUT2D eigenvalue weighted by Gasteiger charge is -2.24. The minimum Gasteiger partial charge on any atom is -0.355 e. The van der Waals surface area contributed by atoms with E-state index in [1.54, 1.807) is 0 Å². The molecule has 0 spiro atoms. The zero-order valence-electron chi connectivity index (χ0n) is 16.6. The molecule has 2 N–H and O–H groups in total. The average molecular weight is 499 g/mol. The molecule has 1 fully saturated rings. The van der Waals surface area contributed by atoms with Gasteiger partial charge in [-0.25, -0.2) is 4.68 Å². The lowest BCUT2D eigenvalue weighted by molar-refractivity contribution is 0.584. The summed E-state index contributed by atoms with van der Waals surface area (Å²) in [5, 5.41) is 11.6. The Morgan fingerprint density at radius 1 is 1.30 bits per heavy atom. The highest BCUT2D eigenvalue weighted by Crippen LogP contribution is 2.36. The Morgan fingerprint density at radius 3 is 2.70 bits per heavy atom. The van der Waals surface area contributed by atoms with Gasteiger partial charge in [-0.2, -0.15) is 16.9 Å². The Balaban J connectivity index is 0.00000261. The van der Waals surface area contributed by atoms with E-state index >= 15 is 0 Å². The molecule has 0 radical (unpaired) electrons. The highest BCUT2D eigenvalue weighted by atomic mass is 127. The summed E-state index contributed by atoms with van der Waals surface area (Å²) in [5.74, 6) is 2.11. The Kier molecular flexibility index (Phi) is 8.03. The van der Waals surface area contributed by atoms with Crippen molar-refractivity contribution in [3.8, 4) is 5.69 Å². The van der Waals surface area contributed by atoms with Gasteiger partial charge in [-0.15, -0.1) is 24.0 Å². The highest BCUT2D eigenvalue weighted by Gasteiger charge is 2.29. The van der Waals surface area contributed by atoms with E-state index in [1.165, 1.54) is 24.2 Å². The van der Waals surface area contributed by atoms with Gasteiger partial charge in [0.1, 0.15) is 0 Å². The van der Waals surface area contributed by atoms with Crippen LogP contribution in [0.15, 0.2) is 35.3 Å². The van der Waals surface area contributed by atoms with Crippen LogP contribution in [0.1, 0.15) is 36.7 Å². The van der Waals surface area contributed by atoms with E-state index in [-0.39, 0.29) is 24.0 Å². The molecule has 5 nitrogen and oxygen atoms in total. The number of aryl methyl sites for hydroxylation is 2. The molecule has 1 saturated heterocycles. The number of nitrogens with one attached hydrogen (secondary N) is 2. The van der Waals surface area contributed by atoms with Crippen molar-refractivity contribution in [3.63, 3.8) is 0 Å². The number of nitrogens with zero attached hydrogens (tertiary/aromatic N) is 3. The smallest absolute Gasteiger partial charge is 0.191 e. The van der Waals surface area contributed by atoms with Crippen LogP contribution in [0.25, 0.3) is 5.69 Å². The summed E-state index contributed by atoms with van der Waals surface area (Å²) in [6, 6.07) is 10.5. The summed E-state index contributed by atoms with van der Waals surface area (Å²) >= 11 is 2.06. The molecule has 1 aliphatic heterocycles. The van der Waals surface area contributed by atoms with Gasteiger partial charge >= 0.3 is 0 Å². The zero-order chi connectivity index (χ0) is 18.6. The SMILES string of the molecule is CN=C(NCc1ccccc1-n1nc(C)cc1C)NCC1(C)CCCS1.I. The van der Waals surface area contributed by atoms with Crippen LogP contribution in [-0.2, 0) is 6.54 Å². The number of aromatic nitrogens is 2. The molecule has 2 heterocycles. The number of hydrogen-bond donors (Lipinski definition) is 2. The summed E-state index contributed by atoms with van der Waals surface area (Å²) in [6.45, 7) is 8.10. The Hall–Kier alpha value is -1.22. The predicted octanol–water partition coefficient (Wildman–Crippen LogP) is 4.06. The van der Waals surface area contributed by atoms with E-state index in [2.05, 4.69) is 76.7 Å². The third kappa shape index (κ3) is 5.63. The number of hydrogen-bond acceptors (Lipinski definition) is 3. The molecule has 0 saturated carbocycles. The van der Waals surface area contributed by atoms with Crippen molar-refractivity contribution in [2.45, 2.75) is 44.9 Å². The first-order valence-electron chi connectivity index (χ1n) is 9.21. The van der Waals surface area contributed by atoms with Gasteiger partial charge in [-0.05, 0) is 57.1 Å². The van der Waals surface area contributed by atoms with Crippen LogP contribution >= 0.6 is 35.7 Å². The van der Waals surface area contributed by atoms with E-state index in [0.29, 0.717) is 11.3 Å². The molecular weight excluding hydrogens is 469 g/mol. The molecular formula is C20H30IN5S. The van der Waals surface area contributed by atoms with Crippen LogP contribution in [0.4, 0.5) is 0 Å². The number of aliphatic imine (C=N–C) groups is 1. The average Bonchev–Trinajstić information content (AvgIpc) is 3.21. The van der Waals surface area contributed by atoms with Crippen LogP contribution in [0, 0.1) is 13.8 Å². The van der Waals surface area contributed by atoms with Gasteiger partial charge in [-0.3, -0.25) is 4.99 Å². The van der Waals surface area contributed by atoms with Crippen LogP contribution in [0.5, 0.6) is 0 Å². The molecule has 3 rings (SSSR count). The van der Waals surface area contributed by atoms with Gasteiger partial charge < -0.3 is 10.6 Å². The summed E-state index contributed by atoms with van der Waals surface area (Å²) in [4.78, 5) is 4.38. The second-order valence-corrected chi connectivity index (χ2v) is 8.83. The molecule has 7 heteroatoms. The number of para-hydroxylation sites is 1. The van der Waals surface area contributed by atoms with Gasteiger partial charge in [0.2, 0.25) is 0 Å². The lowest BCUT2D eigenvalue weighted by Crippen LogP contribution is -2.43. The van der Waals surface area contributed by atoms with Gasteiger partial charge in [-0.1, -0.05) is 18.2 Å². The predicted molar refractivity (Wildman–Crippen MR) is 127 cm³/mol. The maximum absolute atomic E-state index is 4.63.